The third-order valence-corrected chi connectivity index (χ3v) is 3.42. The molecule has 0 aromatic carbocycles. The largest absolute Gasteiger partial charge is 0.480 e. The predicted molar refractivity (Wildman–Crippen MR) is 61.7 cm³/mol. The maximum atomic E-state index is 12.3. The van der Waals surface area contributed by atoms with E-state index in [1.54, 1.807) is 4.90 Å². The van der Waals surface area contributed by atoms with Gasteiger partial charge in [0.05, 0.1) is 12.6 Å². The fraction of sp³-hybridized carbons (Fsp3) is 0.818. The van der Waals surface area contributed by atoms with Crippen LogP contribution in [0.15, 0.2) is 0 Å². The smallest absolute Gasteiger partial charge is 0.317 e. The van der Waals surface area contributed by atoms with E-state index >= 15 is 0 Å². The maximum absolute atomic E-state index is 12.3. The second kappa shape index (κ2) is 5.46. The van der Waals surface area contributed by atoms with E-state index < -0.39 is 5.97 Å². The van der Waals surface area contributed by atoms with Crippen molar-refractivity contribution in [1.82, 2.24) is 15.1 Å². The number of piperazine rings is 1. The number of carboxylic acid groups (broad SMARTS) is 1. The molecular weight excluding hydrogens is 222 g/mol. The number of carboxylic acids is 1. The normalized spacial score (nSPS) is 26.1. The maximum Gasteiger partial charge on any atom is 0.317 e. The molecule has 2 saturated heterocycles. The van der Waals surface area contributed by atoms with Crippen LogP contribution in [0.2, 0.25) is 0 Å². The zero-order valence-corrected chi connectivity index (χ0v) is 9.89. The van der Waals surface area contributed by atoms with E-state index in [1.807, 2.05) is 4.90 Å². The molecule has 0 radical (unpaired) electrons. The first kappa shape index (κ1) is 12.3. The summed E-state index contributed by atoms with van der Waals surface area (Å²) >= 11 is 0. The summed E-state index contributed by atoms with van der Waals surface area (Å²) in [6, 6.07) is -0.218. The molecule has 0 aliphatic carbocycles. The molecule has 0 spiro atoms. The lowest BCUT2D eigenvalue weighted by Crippen LogP contribution is -2.53. The Hall–Kier alpha value is -1.14. The van der Waals surface area contributed by atoms with E-state index in [0.29, 0.717) is 0 Å². The minimum atomic E-state index is -0.856. The fourth-order valence-electron chi connectivity index (χ4n) is 2.56. The van der Waals surface area contributed by atoms with Crippen molar-refractivity contribution in [3.05, 3.63) is 0 Å². The highest BCUT2D eigenvalue weighted by molar-refractivity contribution is 5.83. The van der Waals surface area contributed by atoms with Crippen LogP contribution in [0.4, 0.5) is 0 Å². The van der Waals surface area contributed by atoms with Crippen LogP contribution < -0.4 is 5.32 Å². The van der Waals surface area contributed by atoms with E-state index in [4.69, 9.17) is 5.11 Å². The number of carbonyl (C=O) groups excluding carboxylic acids is 1. The third-order valence-electron chi connectivity index (χ3n) is 3.42. The molecule has 96 valence electrons. The number of nitrogens with one attached hydrogen (secondary N) is 1. The molecule has 2 N–H and O–H groups in total. The van der Waals surface area contributed by atoms with Gasteiger partial charge in [-0.3, -0.25) is 14.5 Å². The van der Waals surface area contributed by atoms with Gasteiger partial charge < -0.3 is 15.3 Å². The Morgan fingerprint density at radius 2 is 1.94 bits per heavy atom. The predicted octanol–water partition coefficient (Wildman–Crippen LogP) is -1.03. The molecule has 1 amide bonds. The van der Waals surface area contributed by atoms with Gasteiger partial charge in [0.2, 0.25) is 5.91 Å². The minimum absolute atomic E-state index is 0.0253. The van der Waals surface area contributed by atoms with Gasteiger partial charge in [0.15, 0.2) is 0 Å². The number of rotatable bonds is 3. The average molecular weight is 241 g/mol. The van der Waals surface area contributed by atoms with E-state index in [1.165, 1.54) is 0 Å². The number of amides is 1. The van der Waals surface area contributed by atoms with Gasteiger partial charge in [-0.1, -0.05) is 0 Å². The summed E-state index contributed by atoms with van der Waals surface area (Å²) in [6.45, 7) is 3.82. The molecule has 6 nitrogen and oxygen atoms in total. The Labute approximate surface area is 101 Å². The van der Waals surface area contributed by atoms with Gasteiger partial charge in [-0.2, -0.15) is 0 Å². The topological polar surface area (TPSA) is 72.9 Å². The van der Waals surface area contributed by atoms with Crippen LogP contribution in [0.3, 0.4) is 0 Å². The second-order valence-electron chi connectivity index (χ2n) is 4.60. The van der Waals surface area contributed by atoms with Gasteiger partial charge in [-0.15, -0.1) is 0 Å². The number of likely N-dealkylation sites (tertiary alicyclic amines) is 1. The first-order valence-electron chi connectivity index (χ1n) is 6.14. The van der Waals surface area contributed by atoms with Crippen LogP contribution >= 0.6 is 0 Å². The van der Waals surface area contributed by atoms with Gasteiger partial charge >= 0.3 is 5.97 Å². The molecule has 17 heavy (non-hydrogen) atoms. The lowest BCUT2D eigenvalue weighted by Gasteiger charge is -2.32. The molecule has 2 heterocycles. The lowest BCUT2D eigenvalue weighted by molar-refractivity contribution is -0.141. The summed E-state index contributed by atoms with van der Waals surface area (Å²) in [6.07, 6.45) is 1.70. The fourth-order valence-corrected chi connectivity index (χ4v) is 2.56. The molecule has 1 atom stereocenters. The quantitative estimate of drug-likeness (QED) is 0.661. The average Bonchev–Trinajstić information content (AvgIpc) is 2.76. The van der Waals surface area contributed by atoms with E-state index in [-0.39, 0.29) is 18.5 Å². The highest BCUT2D eigenvalue weighted by Gasteiger charge is 2.34. The number of hydrogen-bond acceptors (Lipinski definition) is 4. The Balaban J connectivity index is 1.94. The molecule has 0 saturated carbocycles. The van der Waals surface area contributed by atoms with Crippen molar-refractivity contribution >= 4 is 11.9 Å². The number of aliphatic carboxylic acids is 1. The van der Waals surface area contributed by atoms with Crippen molar-refractivity contribution in [2.75, 3.05) is 39.3 Å². The SMILES string of the molecule is O=C(O)CN1CCCC1C(=O)N1CCNCC1. The first-order valence-corrected chi connectivity index (χ1v) is 6.14. The van der Waals surface area contributed by atoms with Crippen molar-refractivity contribution < 1.29 is 14.7 Å². The molecule has 1 unspecified atom stereocenters. The zero-order chi connectivity index (χ0) is 12.3. The van der Waals surface area contributed by atoms with Crippen molar-refractivity contribution in [3.63, 3.8) is 0 Å². The Bertz CT molecular complexity index is 302. The Morgan fingerprint density at radius 1 is 1.24 bits per heavy atom. The van der Waals surface area contributed by atoms with E-state index in [2.05, 4.69) is 5.32 Å². The summed E-state index contributed by atoms with van der Waals surface area (Å²) in [7, 11) is 0. The number of nitrogens with zero attached hydrogens (tertiary/aromatic N) is 2. The molecule has 0 aromatic heterocycles. The van der Waals surface area contributed by atoms with Crippen LogP contribution in [0.1, 0.15) is 12.8 Å². The summed E-state index contributed by atoms with van der Waals surface area (Å²) in [4.78, 5) is 26.6. The molecular formula is C11H19N3O3. The monoisotopic (exact) mass is 241 g/mol. The molecule has 0 aromatic rings. The molecule has 2 fully saturated rings. The van der Waals surface area contributed by atoms with Gasteiger partial charge in [0, 0.05) is 26.2 Å². The minimum Gasteiger partial charge on any atom is -0.480 e. The zero-order valence-electron chi connectivity index (χ0n) is 9.89. The van der Waals surface area contributed by atoms with Crippen molar-refractivity contribution in [2.45, 2.75) is 18.9 Å². The van der Waals surface area contributed by atoms with Gasteiger partial charge in [0.25, 0.3) is 0 Å². The summed E-state index contributed by atoms with van der Waals surface area (Å²) in [5.41, 5.74) is 0. The van der Waals surface area contributed by atoms with E-state index in [0.717, 1.165) is 45.6 Å². The number of carbonyl (C=O) groups is 2. The molecule has 2 aliphatic heterocycles. The number of hydrogen-bond donors (Lipinski definition) is 2. The van der Waals surface area contributed by atoms with Crippen LogP contribution in [0.5, 0.6) is 0 Å². The van der Waals surface area contributed by atoms with Crippen LogP contribution in [-0.2, 0) is 9.59 Å². The highest BCUT2D eigenvalue weighted by Crippen LogP contribution is 2.19. The standard InChI is InChI=1S/C11H19N3O3/c15-10(16)8-14-5-1-2-9(14)11(17)13-6-3-12-4-7-13/h9,12H,1-8H2,(H,15,16). The summed E-state index contributed by atoms with van der Waals surface area (Å²) < 4.78 is 0. The molecule has 2 aliphatic rings. The highest BCUT2D eigenvalue weighted by atomic mass is 16.4. The van der Waals surface area contributed by atoms with Gasteiger partial charge in [-0.05, 0) is 19.4 Å². The molecule has 6 heteroatoms. The Kier molecular flexibility index (Phi) is 3.96. The Morgan fingerprint density at radius 3 is 2.59 bits per heavy atom. The van der Waals surface area contributed by atoms with Gasteiger partial charge in [-0.25, -0.2) is 0 Å². The summed E-state index contributed by atoms with van der Waals surface area (Å²) in [5, 5.41) is 12.0. The van der Waals surface area contributed by atoms with E-state index in [9.17, 15) is 9.59 Å². The lowest BCUT2D eigenvalue weighted by atomic mass is 10.1. The van der Waals surface area contributed by atoms with Gasteiger partial charge in [0.1, 0.15) is 0 Å². The van der Waals surface area contributed by atoms with Crippen LogP contribution in [0.25, 0.3) is 0 Å². The summed E-state index contributed by atoms with van der Waals surface area (Å²) in [5.74, 6) is -0.754. The molecule has 0 bridgehead atoms. The van der Waals surface area contributed by atoms with Crippen molar-refractivity contribution in [3.8, 4) is 0 Å². The second-order valence-corrected chi connectivity index (χ2v) is 4.60. The first-order chi connectivity index (χ1) is 8.18. The molecule has 2 rings (SSSR count). The van der Waals surface area contributed by atoms with Crippen molar-refractivity contribution in [2.24, 2.45) is 0 Å². The van der Waals surface area contributed by atoms with Crippen LogP contribution in [-0.4, -0.2) is 72.1 Å². The third kappa shape index (κ3) is 2.95. The van der Waals surface area contributed by atoms with Crippen LogP contribution in [0, 0.1) is 0 Å². The van der Waals surface area contributed by atoms with Crippen molar-refractivity contribution in [1.29, 1.82) is 0 Å².